The van der Waals surface area contributed by atoms with Gasteiger partial charge in [-0.25, -0.2) is 4.79 Å². The lowest BCUT2D eigenvalue weighted by atomic mass is 10.0. The molecule has 4 nitrogen and oxygen atoms in total. The SMILES string of the molecule is O=C1OS(=O)(=O)c2ccc3ccccc3c21. The van der Waals surface area contributed by atoms with Crippen LogP contribution in [0.4, 0.5) is 0 Å². The zero-order valence-electron chi connectivity index (χ0n) is 8.01. The molecule has 0 N–H and O–H groups in total. The Labute approximate surface area is 91.6 Å². The first-order valence-corrected chi connectivity index (χ1v) is 6.01. The lowest BCUT2D eigenvalue weighted by Crippen LogP contribution is -1.99. The molecule has 0 spiro atoms. The summed E-state index contributed by atoms with van der Waals surface area (Å²) in [5.74, 6) is -0.799. The van der Waals surface area contributed by atoms with Crippen molar-refractivity contribution in [2.24, 2.45) is 0 Å². The number of benzene rings is 2. The third-order valence-corrected chi connectivity index (χ3v) is 3.80. The van der Waals surface area contributed by atoms with E-state index >= 15 is 0 Å². The van der Waals surface area contributed by atoms with Gasteiger partial charge in [-0.05, 0) is 16.8 Å². The molecule has 0 unspecified atom stereocenters. The van der Waals surface area contributed by atoms with Crippen LogP contribution < -0.4 is 0 Å². The summed E-state index contributed by atoms with van der Waals surface area (Å²) in [6, 6.07) is 10.2. The molecule has 0 fully saturated rings. The second-order valence-corrected chi connectivity index (χ2v) is 5.00. The average Bonchev–Trinajstić information content (AvgIpc) is 2.49. The normalized spacial score (nSPS) is 17.1. The van der Waals surface area contributed by atoms with Crippen LogP contribution in [-0.4, -0.2) is 14.4 Å². The van der Waals surface area contributed by atoms with Crippen molar-refractivity contribution >= 4 is 26.9 Å². The van der Waals surface area contributed by atoms with Crippen molar-refractivity contribution in [3.63, 3.8) is 0 Å². The van der Waals surface area contributed by atoms with Crippen LogP contribution in [0.15, 0.2) is 41.3 Å². The van der Waals surface area contributed by atoms with E-state index in [4.69, 9.17) is 0 Å². The van der Waals surface area contributed by atoms with Gasteiger partial charge < -0.3 is 4.18 Å². The van der Waals surface area contributed by atoms with Crippen molar-refractivity contribution in [2.75, 3.05) is 0 Å². The highest BCUT2D eigenvalue weighted by Gasteiger charge is 2.36. The Morgan fingerprint density at radius 3 is 2.56 bits per heavy atom. The maximum absolute atomic E-state index is 11.5. The van der Waals surface area contributed by atoms with Gasteiger partial charge in [-0.15, -0.1) is 0 Å². The van der Waals surface area contributed by atoms with Crippen molar-refractivity contribution in [3.05, 3.63) is 42.0 Å². The minimum Gasteiger partial charge on any atom is -0.338 e. The summed E-state index contributed by atoms with van der Waals surface area (Å²) < 4.78 is 27.3. The summed E-state index contributed by atoms with van der Waals surface area (Å²) in [5, 5.41) is 1.42. The first-order chi connectivity index (χ1) is 7.59. The second-order valence-electron chi connectivity index (χ2n) is 3.48. The van der Waals surface area contributed by atoms with Gasteiger partial charge in [-0.1, -0.05) is 30.3 Å². The van der Waals surface area contributed by atoms with Crippen LogP contribution in [0, 0.1) is 0 Å². The number of carbonyl (C=O) groups excluding carboxylic acids is 1. The molecule has 0 saturated carbocycles. The molecule has 0 amide bonds. The molecular weight excluding hydrogens is 228 g/mol. The van der Waals surface area contributed by atoms with Crippen molar-refractivity contribution in [3.8, 4) is 0 Å². The van der Waals surface area contributed by atoms with E-state index in [0.29, 0.717) is 5.39 Å². The van der Waals surface area contributed by atoms with Crippen molar-refractivity contribution in [1.82, 2.24) is 0 Å². The fourth-order valence-corrected chi connectivity index (χ4v) is 2.91. The number of hydrogen-bond acceptors (Lipinski definition) is 4. The minimum absolute atomic E-state index is 0.0452. The van der Waals surface area contributed by atoms with Gasteiger partial charge in [0.25, 0.3) is 0 Å². The smallest absolute Gasteiger partial charge is 0.338 e. The Hall–Kier alpha value is -1.88. The molecule has 0 aliphatic carbocycles. The number of rotatable bonds is 0. The number of hydrogen-bond donors (Lipinski definition) is 0. The van der Waals surface area contributed by atoms with Crippen molar-refractivity contribution in [1.29, 1.82) is 0 Å². The third-order valence-electron chi connectivity index (χ3n) is 2.55. The first-order valence-electron chi connectivity index (χ1n) is 4.60. The Balaban J connectivity index is 2.54. The Morgan fingerprint density at radius 2 is 1.75 bits per heavy atom. The van der Waals surface area contributed by atoms with Gasteiger partial charge in [0.1, 0.15) is 4.90 Å². The summed E-state index contributed by atoms with van der Waals surface area (Å²) in [6.07, 6.45) is 0. The van der Waals surface area contributed by atoms with Crippen LogP contribution >= 0.6 is 0 Å². The lowest BCUT2D eigenvalue weighted by Gasteiger charge is -1.99. The summed E-state index contributed by atoms with van der Waals surface area (Å²) >= 11 is 0. The van der Waals surface area contributed by atoms with Crippen LogP contribution in [0.1, 0.15) is 10.4 Å². The zero-order valence-corrected chi connectivity index (χ0v) is 8.82. The van der Waals surface area contributed by atoms with Gasteiger partial charge in [0.15, 0.2) is 0 Å². The molecule has 16 heavy (non-hydrogen) atoms. The van der Waals surface area contributed by atoms with Crippen LogP contribution in [0.5, 0.6) is 0 Å². The molecule has 1 aliphatic rings. The zero-order chi connectivity index (χ0) is 11.3. The summed E-state index contributed by atoms with van der Waals surface area (Å²) in [7, 11) is -3.90. The summed E-state index contributed by atoms with van der Waals surface area (Å²) in [5.41, 5.74) is 0.137. The first kappa shape index (κ1) is 9.35. The molecular formula is C11H6O4S. The van der Waals surface area contributed by atoms with Crippen LogP contribution in [0.25, 0.3) is 10.8 Å². The van der Waals surface area contributed by atoms with Gasteiger partial charge >= 0.3 is 16.1 Å². The van der Waals surface area contributed by atoms with E-state index in [1.165, 1.54) is 6.07 Å². The minimum atomic E-state index is -3.90. The molecule has 0 radical (unpaired) electrons. The topological polar surface area (TPSA) is 60.4 Å². The Bertz CT molecular complexity index is 716. The van der Waals surface area contributed by atoms with E-state index in [9.17, 15) is 13.2 Å². The van der Waals surface area contributed by atoms with Crippen LogP contribution in [0.2, 0.25) is 0 Å². The number of fused-ring (bicyclic) bond motifs is 3. The van der Waals surface area contributed by atoms with Crippen molar-refractivity contribution < 1.29 is 17.4 Å². The summed E-state index contributed by atoms with van der Waals surface area (Å²) in [4.78, 5) is 11.4. The van der Waals surface area contributed by atoms with Crippen LogP contribution in [0.3, 0.4) is 0 Å². The van der Waals surface area contributed by atoms with Gasteiger partial charge in [0, 0.05) is 0 Å². The fraction of sp³-hybridized carbons (Fsp3) is 0. The van der Waals surface area contributed by atoms with E-state index in [-0.39, 0.29) is 10.5 Å². The molecule has 1 aliphatic heterocycles. The van der Waals surface area contributed by atoms with E-state index in [2.05, 4.69) is 4.18 Å². The monoisotopic (exact) mass is 234 g/mol. The standard InChI is InChI=1S/C11H6O4S/c12-11-10-8-4-2-1-3-7(8)5-6-9(10)16(13,14)15-11/h1-6H. The third kappa shape index (κ3) is 1.09. The molecule has 0 aromatic heterocycles. The molecule has 2 aromatic rings. The molecule has 0 saturated heterocycles. The molecule has 80 valence electrons. The predicted octanol–water partition coefficient (Wildman–Crippen LogP) is 1.70. The molecule has 2 aromatic carbocycles. The van der Waals surface area contributed by atoms with E-state index < -0.39 is 16.1 Å². The molecule has 5 heteroatoms. The highest BCUT2D eigenvalue weighted by atomic mass is 32.2. The van der Waals surface area contributed by atoms with E-state index in [0.717, 1.165) is 5.39 Å². The largest absolute Gasteiger partial charge is 0.356 e. The highest BCUT2D eigenvalue weighted by Crippen LogP contribution is 2.32. The van der Waals surface area contributed by atoms with Crippen molar-refractivity contribution in [2.45, 2.75) is 4.90 Å². The van der Waals surface area contributed by atoms with Gasteiger partial charge in [-0.2, -0.15) is 8.42 Å². The fourth-order valence-electron chi connectivity index (χ4n) is 1.86. The van der Waals surface area contributed by atoms with E-state index in [1.54, 1.807) is 18.2 Å². The Morgan fingerprint density at radius 1 is 1.00 bits per heavy atom. The highest BCUT2D eigenvalue weighted by molar-refractivity contribution is 7.87. The van der Waals surface area contributed by atoms with E-state index in [1.807, 2.05) is 12.1 Å². The maximum Gasteiger partial charge on any atom is 0.356 e. The number of carbonyl (C=O) groups is 1. The quantitative estimate of drug-likeness (QED) is 0.651. The molecule has 3 rings (SSSR count). The average molecular weight is 234 g/mol. The van der Waals surface area contributed by atoms with Gasteiger partial charge in [-0.3, -0.25) is 0 Å². The molecule has 0 atom stereocenters. The maximum atomic E-state index is 11.5. The van der Waals surface area contributed by atoms with Gasteiger partial charge in [0.2, 0.25) is 0 Å². The predicted molar refractivity (Wildman–Crippen MR) is 56.5 cm³/mol. The molecule has 1 heterocycles. The lowest BCUT2D eigenvalue weighted by molar-refractivity contribution is 0.0764. The van der Waals surface area contributed by atoms with Gasteiger partial charge in [0.05, 0.1) is 5.56 Å². The summed E-state index contributed by atoms with van der Waals surface area (Å²) in [6.45, 7) is 0. The Kier molecular flexibility index (Phi) is 1.65. The van der Waals surface area contributed by atoms with Crippen LogP contribution in [-0.2, 0) is 14.3 Å². The second kappa shape index (κ2) is 2.82. The molecule has 0 bridgehead atoms.